The molecule has 0 saturated heterocycles. The average Bonchev–Trinajstić information content (AvgIpc) is 2.92. The van der Waals surface area contributed by atoms with Crippen molar-refractivity contribution in [3.63, 3.8) is 0 Å². The number of ether oxygens (including phenoxy) is 1. The van der Waals surface area contributed by atoms with Crippen LogP contribution in [0.25, 0.3) is 11.0 Å². The zero-order valence-corrected chi connectivity index (χ0v) is 12.1. The van der Waals surface area contributed by atoms with Gasteiger partial charge in [-0.1, -0.05) is 37.5 Å². The SMILES string of the molecule is CNC(COC1CCCCC1)c1cc2ccccc2o1. The topological polar surface area (TPSA) is 34.4 Å². The molecule has 0 spiro atoms. The van der Waals surface area contributed by atoms with Crippen molar-refractivity contribution in [3.8, 4) is 0 Å². The van der Waals surface area contributed by atoms with E-state index in [1.165, 1.54) is 32.1 Å². The average molecular weight is 273 g/mol. The number of fused-ring (bicyclic) bond motifs is 1. The van der Waals surface area contributed by atoms with E-state index < -0.39 is 0 Å². The molecule has 1 unspecified atom stereocenters. The number of rotatable bonds is 5. The van der Waals surface area contributed by atoms with Crippen LogP contribution in [-0.4, -0.2) is 19.8 Å². The molecule has 1 aromatic heterocycles. The maximum Gasteiger partial charge on any atom is 0.134 e. The number of benzene rings is 1. The molecular formula is C17H23NO2. The molecule has 1 N–H and O–H groups in total. The van der Waals surface area contributed by atoms with Gasteiger partial charge < -0.3 is 14.5 Å². The Morgan fingerprint density at radius 1 is 1.25 bits per heavy atom. The molecule has 1 aromatic carbocycles. The molecule has 3 nitrogen and oxygen atoms in total. The van der Waals surface area contributed by atoms with Gasteiger partial charge in [0.15, 0.2) is 0 Å². The molecule has 3 rings (SSSR count). The monoisotopic (exact) mass is 273 g/mol. The third-order valence-electron chi connectivity index (χ3n) is 4.19. The van der Waals surface area contributed by atoms with Crippen molar-refractivity contribution in [2.45, 2.75) is 44.2 Å². The minimum absolute atomic E-state index is 0.129. The van der Waals surface area contributed by atoms with Crippen molar-refractivity contribution in [2.24, 2.45) is 0 Å². The Bertz CT molecular complexity index is 510. The summed E-state index contributed by atoms with van der Waals surface area (Å²) in [6.45, 7) is 0.682. The molecular weight excluding hydrogens is 250 g/mol. The van der Waals surface area contributed by atoms with Crippen molar-refractivity contribution in [1.29, 1.82) is 0 Å². The molecule has 1 aliphatic carbocycles. The molecule has 0 bridgehead atoms. The quantitative estimate of drug-likeness (QED) is 0.892. The van der Waals surface area contributed by atoms with Gasteiger partial charge >= 0.3 is 0 Å². The first-order valence-electron chi connectivity index (χ1n) is 7.64. The van der Waals surface area contributed by atoms with E-state index in [9.17, 15) is 0 Å². The van der Waals surface area contributed by atoms with Gasteiger partial charge in [-0.15, -0.1) is 0 Å². The summed E-state index contributed by atoms with van der Waals surface area (Å²) in [5.74, 6) is 0.963. The summed E-state index contributed by atoms with van der Waals surface area (Å²) in [5.41, 5.74) is 0.945. The summed E-state index contributed by atoms with van der Waals surface area (Å²) < 4.78 is 12.0. The van der Waals surface area contributed by atoms with Gasteiger partial charge in [-0.2, -0.15) is 0 Å². The highest BCUT2D eigenvalue weighted by Crippen LogP contribution is 2.26. The van der Waals surface area contributed by atoms with E-state index in [0.717, 1.165) is 16.7 Å². The first-order valence-corrected chi connectivity index (χ1v) is 7.64. The van der Waals surface area contributed by atoms with E-state index >= 15 is 0 Å². The van der Waals surface area contributed by atoms with Gasteiger partial charge in [-0.3, -0.25) is 0 Å². The van der Waals surface area contributed by atoms with E-state index in [2.05, 4.69) is 17.4 Å². The minimum Gasteiger partial charge on any atom is -0.459 e. The third-order valence-corrected chi connectivity index (χ3v) is 4.19. The summed E-state index contributed by atoms with van der Waals surface area (Å²) in [4.78, 5) is 0. The van der Waals surface area contributed by atoms with E-state index in [1.807, 2.05) is 25.2 Å². The smallest absolute Gasteiger partial charge is 0.134 e. The highest BCUT2D eigenvalue weighted by atomic mass is 16.5. The number of para-hydroxylation sites is 1. The van der Waals surface area contributed by atoms with Crippen LogP contribution in [0.3, 0.4) is 0 Å². The van der Waals surface area contributed by atoms with Crippen LogP contribution in [-0.2, 0) is 4.74 Å². The summed E-state index contributed by atoms with van der Waals surface area (Å²) in [7, 11) is 1.96. The maximum absolute atomic E-state index is 6.06. The number of hydrogen-bond acceptors (Lipinski definition) is 3. The van der Waals surface area contributed by atoms with Crippen LogP contribution in [0.15, 0.2) is 34.7 Å². The van der Waals surface area contributed by atoms with Gasteiger partial charge in [0, 0.05) is 5.39 Å². The molecule has 20 heavy (non-hydrogen) atoms. The van der Waals surface area contributed by atoms with E-state index in [4.69, 9.17) is 9.15 Å². The fourth-order valence-electron chi connectivity index (χ4n) is 2.95. The second-order valence-electron chi connectivity index (χ2n) is 5.62. The van der Waals surface area contributed by atoms with E-state index in [0.29, 0.717) is 12.7 Å². The molecule has 0 amide bonds. The molecule has 0 radical (unpaired) electrons. The summed E-state index contributed by atoms with van der Waals surface area (Å²) >= 11 is 0. The Morgan fingerprint density at radius 2 is 2.05 bits per heavy atom. The first kappa shape index (κ1) is 13.7. The molecule has 1 fully saturated rings. The van der Waals surface area contributed by atoms with Crippen molar-refractivity contribution in [2.75, 3.05) is 13.7 Å². The predicted molar refractivity (Wildman–Crippen MR) is 80.8 cm³/mol. The Kier molecular flexibility index (Phi) is 4.38. The fraction of sp³-hybridized carbons (Fsp3) is 0.529. The van der Waals surface area contributed by atoms with Gasteiger partial charge in [-0.25, -0.2) is 0 Å². The summed E-state index contributed by atoms with van der Waals surface area (Å²) in [6, 6.07) is 10.4. The molecule has 1 saturated carbocycles. The van der Waals surface area contributed by atoms with Crippen LogP contribution in [0, 0.1) is 0 Å². The van der Waals surface area contributed by atoms with Crippen molar-refractivity contribution >= 4 is 11.0 Å². The number of likely N-dealkylation sites (N-methyl/N-ethyl adjacent to an activating group) is 1. The zero-order valence-electron chi connectivity index (χ0n) is 12.1. The second kappa shape index (κ2) is 6.42. The van der Waals surface area contributed by atoms with Gasteiger partial charge in [0.1, 0.15) is 11.3 Å². The number of hydrogen-bond donors (Lipinski definition) is 1. The summed E-state index contributed by atoms with van der Waals surface area (Å²) in [6.07, 6.45) is 6.81. The van der Waals surface area contributed by atoms with Gasteiger partial charge in [0.05, 0.1) is 18.8 Å². The highest BCUT2D eigenvalue weighted by Gasteiger charge is 2.19. The maximum atomic E-state index is 6.06. The molecule has 2 aromatic rings. The van der Waals surface area contributed by atoms with E-state index in [-0.39, 0.29) is 6.04 Å². The van der Waals surface area contributed by atoms with Crippen molar-refractivity contribution in [3.05, 3.63) is 36.1 Å². The number of nitrogens with one attached hydrogen (secondary N) is 1. The zero-order chi connectivity index (χ0) is 13.8. The Hall–Kier alpha value is -1.32. The third kappa shape index (κ3) is 3.05. The van der Waals surface area contributed by atoms with Crippen molar-refractivity contribution < 1.29 is 9.15 Å². The molecule has 0 aliphatic heterocycles. The lowest BCUT2D eigenvalue weighted by Gasteiger charge is -2.24. The van der Waals surface area contributed by atoms with Crippen molar-refractivity contribution in [1.82, 2.24) is 5.32 Å². The van der Waals surface area contributed by atoms with Gasteiger partial charge in [-0.05, 0) is 32.0 Å². The Morgan fingerprint density at radius 3 is 2.80 bits per heavy atom. The molecule has 1 heterocycles. The lowest BCUT2D eigenvalue weighted by molar-refractivity contribution is 0.0140. The van der Waals surface area contributed by atoms with Crippen LogP contribution < -0.4 is 5.32 Å². The van der Waals surface area contributed by atoms with Crippen LogP contribution in [0.2, 0.25) is 0 Å². The van der Waals surface area contributed by atoms with Gasteiger partial charge in [0.25, 0.3) is 0 Å². The minimum atomic E-state index is 0.129. The first-order chi connectivity index (χ1) is 9.86. The van der Waals surface area contributed by atoms with E-state index in [1.54, 1.807) is 0 Å². The highest BCUT2D eigenvalue weighted by molar-refractivity contribution is 5.77. The fourth-order valence-corrected chi connectivity index (χ4v) is 2.95. The van der Waals surface area contributed by atoms with Crippen LogP contribution in [0.5, 0.6) is 0 Å². The second-order valence-corrected chi connectivity index (χ2v) is 5.62. The summed E-state index contributed by atoms with van der Waals surface area (Å²) in [5, 5.41) is 4.45. The molecule has 108 valence electrons. The lowest BCUT2D eigenvalue weighted by atomic mass is 9.98. The Labute approximate surface area is 120 Å². The lowest BCUT2D eigenvalue weighted by Crippen LogP contribution is -2.26. The molecule has 3 heteroatoms. The van der Waals surface area contributed by atoms with Crippen LogP contribution in [0.4, 0.5) is 0 Å². The van der Waals surface area contributed by atoms with Gasteiger partial charge in [0.2, 0.25) is 0 Å². The number of furan rings is 1. The molecule has 1 atom stereocenters. The molecule has 1 aliphatic rings. The van der Waals surface area contributed by atoms with Crippen LogP contribution >= 0.6 is 0 Å². The Balaban J connectivity index is 1.65. The predicted octanol–water partition coefficient (Wildman–Crippen LogP) is 4.04. The normalized spacial score (nSPS) is 18.4. The standard InChI is InChI=1S/C17H23NO2/c1-18-15(12-19-14-8-3-2-4-9-14)17-11-13-7-5-6-10-16(13)20-17/h5-7,10-11,14-15,18H,2-4,8-9,12H2,1H3. The van der Waals surface area contributed by atoms with Crippen LogP contribution in [0.1, 0.15) is 43.9 Å². The largest absolute Gasteiger partial charge is 0.459 e.